The van der Waals surface area contributed by atoms with Crippen LogP contribution in [0.15, 0.2) is 87.2 Å². The summed E-state index contributed by atoms with van der Waals surface area (Å²) in [4.78, 5) is 30.7. The molecule has 294 valence electrons. The number of benzene rings is 2. The second-order valence-corrected chi connectivity index (χ2v) is 15.6. The number of carbonyl (C=O) groups is 1. The van der Waals surface area contributed by atoms with E-state index >= 15 is 4.39 Å². The van der Waals surface area contributed by atoms with Crippen LogP contribution in [0.5, 0.6) is 11.5 Å². The molecule has 2 N–H and O–H groups in total. The number of hydrogen-bond acceptors (Lipinski definition) is 12. The number of allylic oxidation sites excluding steroid dienone is 2. The van der Waals surface area contributed by atoms with Crippen LogP contribution in [0, 0.1) is 11.6 Å². The third-order valence-corrected chi connectivity index (χ3v) is 13.0. The molecular formula is C35H43ClF2N4O10P2. The van der Waals surface area contributed by atoms with Crippen LogP contribution in [0.3, 0.4) is 0 Å². The molecule has 1 amide bonds. The van der Waals surface area contributed by atoms with Gasteiger partial charge in [0.2, 0.25) is 5.52 Å². The number of aliphatic imine (C=N–C) groups is 1. The van der Waals surface area contributed by atoms with Gasteiger partial charge in [0.15, 0.2) is 11.6 Å². The molecule has 1 aromatic heterocycles. The van der Waals surface area contributed by atoms with Gasteiger partial charge in [0.25, 0.3) is 11.5 Å². The summed E-state index contributed by atoms with van der Waals surface area (Å²) in [5, 5.41) is 4.88. The molecule has 3 aromatic rings. The van der Waals surface area contributed by atoms with Crippen LogP contribution in [0.25, 0.3) is 5.69 Å². The molecule has 2 aromatic carbocycles. The van der Waals surface area contributed by atoms with E-state index in [9.17, 15) is 23.1 Å². The zero-order chi connectivity index (χ0) is 40.1. The third kappa shape index (κ3) is 10.8. The average molecular weight is 815 g/mol. The van der Waals surface area contributed by atoms with Crippen molar-refractivity contribution in [3.05, 3.63) is 105 Å². The minimum Gasteiger partial charge on any atom is -0.493 e. The molecule has 0 saturated heterocycles. The standard InChI is InChI=1S/C35H43ClF2N4O10P2/c1-8-27(31(36)32(39-7)41-35(53(45,48-10-3)49-11-4)54(46,50-12-5)51-13-6)52-28-19-16-24(22-26(28)38)40-33(43)30-29(47-9-2)20-21-42(34(30)44)25-17-14-23(37)15-18-25/h8,14-22,35,41H,7,9-13H2,1-6H3,(H,40,43)/b27-8+,32-31-. The minimum atomic E-state index is -4.30. The molecule has 0 aliphatic carbocycles. The molecule has 3 rings (SSSR count). The predicted octanol–water partition coefficient (Wildman–Crippen LogP) is 8.56. The first-order valence-corrected chi connectivity index (χ1v) is 20.4. The van der Waals surface area contributed by atoms with Crippen molar-refractivity contribution in [1.29, 1.82) is 0 Å². The third-order valence-electron chi connectivity index (χ3n) is 7.04. The summed E-state index contributed by atoms with van der Waals surface area (Å²) in [6.07, 6.45) is 2.75. The van der Waals surface area contributed by atoms with E-state index in [4.69, 9.17) is 39.2 Å². The molecule has 54 heavy (non-hydrogen) atoms. The number of halogens is 3. The summed E-state index contributed by atoms with van der Waals surface area (Å²) in [7, 11) is -8.61. The maximum absolute atomic E-state index is 15.5. The Hall–Kier alpha value is -4.14. The highest BCUT2D eigenvalue weighted by Gasteiger charge is 2.51. The van der Waals surface area contributed by atoms with Crippen LogP contribution in [0.1, 0.15) is 51.9 Å². The maximum Gasteiger partial charge on any atom is 0.365 e. The largest absolute Gasteiger partial charge is 0.493 e. The van der Waals surface area contributed by atoms with Crippen LogP contribution in [0.2, 0.25) is 0 Å². The van der Waals surface area contributed by atoms with Crippen molar-refractivity contribution in [1.82, 2.24) is 9.88 Å². The Kier molecular flexibility index (Phi) is 16.8. The van der Waals surface area contributed by atoms with Crippen LogP contribution < -0.4 is 25.7 Å². The zero-order valence-electron chi connectivity index (χ0n) is 30.6. The highest BCUT2D eigenvalue weighted by molar-refractivity contribution is 7.72. The molecule has 0 aliphatic heterocycles. The van der Waals surface area contributed by atoms with Crippen LogP contribution >= 0.6 is 26.8 Å². The first kappa shape index (κ1) is 44.3. The molecule has 0 aliphatic rings. The monoisotopic (exact) mass is 814 g/mol. The number of nitrogens with one attached hydrogen (secondary N) is 2. The number of amides is 1. The number of carbonyl (C=O) groups excluding carboxylic acids is 1. The Morgan fingerprint density at radius 1 is 0.907 bits per heavy atom. The fourth-order valence-corrected chi connectivity index (χ4v) is 10.0. The molecule has 0 bridgehead atoms. The SMILES string of the molecule is C=N/C(NC(P(=O)(OCC)OCC)P(=O)(OCC)OCC)=C(Cl)\C(=C/C)Oc1ccc(NC(=O)c2c(OCC)ccn(-c3ccc(F)cc3)c2=O)cc1F. The van der Waals surface area contributed by atoms with Crippen LogP contribution in [-0.4, -0.2) is 55.8 Å². The van der Waals surface area contributed by atoms with E-state index in [0.717, 1.165) is 10.6 Å². The number of hydrogen-bond donors (Lipinski definition) is 2. The topological polar surface area (TPSA) is 165 Å². The second kappa shape index (κ2) is 20.5. The normalized spacial score (nSPS) is 12.7. The van der Waals surface area contributed by atoms with Crippen molar-refractivity contribution in [3.8, 4) is 17.2 Å². The Bertz CT molecular complexity index is 1960. The van der Waals surface area contributed by atoms with Gasteiger partial charge in [-0.05, 0) is 96.8 Å². The maximum atomic E-state index is 15.5. The Morgan fingerprint density at radius 3 is 1.96 bits per heavy atom. The zero-order valence-corrected chi connectivity index (χ0v) is 33.1. The number of rotatable bonds is 21. The number of ether oxygens (including phenoxy) is 2. The highest BCUT2D eigenvalue weighted by Crippen LogP contribution is 2.69. The molecule has 0 atom stereocenters. The fraction of sp³-hybridized carbons (Fsp3) is 0.343. The van der Waals surface area contributed by atoms with E-state index in [1.807, 2.05) is 0 Å². The summed E-state index contributed by atoms with van der Waals surface area (Å²) in [5.74, 6) is -3.20. The lowest BCUT2D eigenvalue weighted by molar-refractivity contribution is 0.102. The van der Waals surface area contributed by atoms with E-state index in [0.29, 0.717) is 5.69 Å². The van der Waals surface area contributed by atoms with Crippen molar-refractivity contribution in [3.63, 3.8) is 0 Å². The Balaban J connectivity index is 1.96. The van der Waals surface area contributed by atoms with E-state index < -0.39 is 43.8 Å². The molecule has 0 fully saturated rings. The van der Waals surface area contributed by atoms with Gasteiger partial charge in [0.1, 0.15) is 33.7 Å². The first-order valence-electron chi connectivity index (χ1n) is 16.8. The van der Waals surface area contributed by atoms with Gasteiger partial charge in [0, 0.05) is 23.6 Å². The van der Waals surface area contributed by atoms with E-state index in [1.165, 1.54) is 61.7 Å². The molecule has 0 saturated carbocycles. The second-order valence-electron chi connectivity index (χ2n) is 10.6. The minimum absolute atomic E-state index is 0.0156. The highest BCUT2D eigenvalue weighted by atomic mass is 35.5. The number of nitrogens with zero attached hydrogens (tertiary/aromatic N) is 2. The molecule has 0 unspecified atom stereocenters. The number of aromatic nitrogens is 1. The predicted molar refractivity (Wildman–Crippen MR) is 203 cm³/mol. The van der Waals surface area contributed by atoms with Gasteiger partial charge in [-0.1, -0.05) is 11.6 Å². The quantitative estimate of drug-likeness (QED) is 0.0458. The van der Waals surface area contributed by atoms with E-state index in [-0.39, 0.29) is 72.4 Å². The molecule has 0 radical (unpaired) electrons. The van der Waals surface area contributed by atoms with Gasteiger partial charge in [-0.25, -0.2) is 13.8 Å². The van der Waals surface area contributed by atoms with Gasteiger partial charge in [0.05, 0.1) is 33.0 Å². The summed E-state index contributed by atoms with van der Waals surface area (Å²) in [6.45, 7) is 12.7. The fourth-order valence-electron chi connectivity index (χ4n) is 4.84. The Labute approximate surface area is 317 Å². The smallest absolute Gasteiger partial charge is 0.365 e. The molecule has 0 spiro atoms. The van der Waals surface area contributed by atoms with Gasteiger partial charge < -0.3 is 38.2 Å². The number of pyridine rings is 1. The first-order chi connectivity index (χ1) is 25.8. The van der Waals surface area contributed by atoms with Gasteiger partial charge in [-0.2, -0.15) is 0 Å². The van der Waals surface area contributed by atoms with Gasteiger partial charge >= 0.3 is 15.2 Å². The lowest BCUT2D eigenvalue weighted by Gasteiger charge is -2.32. The number of anilines is 1. The molecule has 19 heteroatoms. The van der Waals surface area contributed by atoms with Crippen molar-refractivity contribution >= 4 is 45.1 Å². The summed E-state index contributed by atoms with van der Waals surface area (Å²) in [6, 6.07) is 9.94. The summed E-state index contributed by atoms with van der Waals surface area (Å²) in [5.41, 5.74) is -2.64. The average Bonchev–Trinajstić information content (AvgIpc) is 3.12. The van der Waals surface area contributed by atoms with Crippen molar-refractivity contribution in [2.75, 3.05) is 38.4 Å². The van der Waals surface area contributed by atoms with Crippen molar-refractivity contribution in [2.24, 2.45) is 4.99 Å². The van der Waals surface area contributed by atoms with Crippen molar-refractivity contribution in [2.45, 2.75) is 47.1 Å². The summed E-state index contributed by atoms with van der Waals surface area (Å²) < 4.78 is 91.3. The van der Waals surface area contributed by atoms with Gasteiger partial charge in [-0.3, -0.25) is 23.3 Å². The lowest BCUT2D eigenvalue weighted by Crippen LogP contribution is -2.32. The van der Waals surface area contributed by atoms with Gasteiger partial charge in [-0.15, -0.1) is 0 Å². The molecular weight excluding hydrogens is 772 g/mol. The summed E-state index contributed by atoms with van der Waals surface area (Å²) >= 11 is 6.66. The molecule has 14 nitrogen and oxygen atoms in total. The van der Waals surface area contributed by atoms with E-state index in [1.54, 1.807) is 34.6 Å². The van der Waals surface area contributed by atoms with Crippen LogP contribution in [-0.2, 0) is 27.2 Å². The Morgan fingerprint density at radius 2 is 1.48 bits per heavy atom. The van der Waals surface area contributed by atoms with Crippen LogP contribution in [0.4, 0.5) is 14.5 Å². The van der Waals surface area contributed by atoms with E-state index in [2.05, 4.69) is 22.3 Å². The van der Waals surface area contributed by atoms with Crippen molar-refractivity contribution < 1.29 is 50.3 Å². The molecule has 1 heterocycles. The lowest BCUT2D eigenvalue weighted by atomic mass is 10.2.